The summed E-state index contributed by atoms with van der Waals surface area (Å²) in [6.07, 6.45) is -0.694. The van der Waals surface area contributed by atoms with Crippen molar-refractivity contribution in [3.63, 3.8) is 0 Å². The standard InChI is InChI=1S/C50H54Cl2N2O11Si/c1-50(2,3)66(5,6)65-42-26-53(4)18-15-30(42)45-35(57)24-41(47-37(59)23-40(64-49(45)47)28-12-8-10-14-32(28)52)62-43(61)17-20-54-19-16-29(38(60)25-54)44-33(55)21-34(56)46-36(58)22-39(63-48(44)46)27-11-7-9-13-31(27)51/h7-14,21-24,29-30,38,42,55-57,60H,15-20,25-26H2,1-6H3/t29-,30-,38+,42?/m0/s1. The van der Waals surface area contributed by atoms with Crippen LogP contribution in [-0.4, -0.2) is 96.5 Å². The number of halogens is 2. The molecule has 2 fully saturated rings. The molecule has 4 heterocycles. The van der Waals surface area contributed by atoms with Crippen LogP contribution in [0.5, 0.6) is 23.0 Å². The van der Waals surface area contributed by atoms with E-state index in [1.807, 2.05) is 11.9 Å². The van der Waals surface area contributed by atoms with Crippen molar-refractivity contribution in [3.8, 4) is 45.6 Å². The third-order valence-corrected chi connectivity index (χ3v) is 18.7. The number of fused-ring (bicyclic) bond motifs is 2. The van der Waals surface area contributed by atoms with Gasteiger partial charge in [0.05, 0.1) is 28.7 Å². The second kappa shape index (κ2) is 18.5. The lowest BCUT2D eigenvalue weighted by atomic mass is 9.85. The van der Waals surface area contributed by atoms with Crippen LogP contribution in [0.15, 0.2) is 91.2 Å². The first-order valence-corrected chi connectivity index (χ1v) is 25.7. The van der Waals surface area contributed by atoms with Crippen LogP contribution in [0.2, 0.25) is 28.2 Å². The Labute approximate surface area is 392 Å². The van der Waals surface area contributed by atoms with Crippen molar-refractivity contribution < 1.29 is 43.2 Å². The number of carbonyl (C=O) groups excluding carboxylic acids is 1. The van der Waals surface area contributed by atoms with E-state index in [0.717, 1.165) is 6.07 Å². The molecular formula is C50H54Cl2N2O11Si. The van der Waals surface area contributed by atoms with Gasteiger partial charge in [0.25, 0.3) is 0 Å². The number of likely N-dealkylation sites (tertiary alicyclic amines) is 2. The number of rotatable bonds is 10. The molecule has 0 amide bonds. The lowest BCUT2D eigenvalue weighted by Gasteiger charge is -2.45. The molecule has 13 nitrogen and oxygen atoms in total. The lowest BCUT2D eigenvalue weighted by molar-refractivity contribution is -0.134. The van der Waals surface area contributed by atoms with Gasteiger partial charge in [-0.25, -0.2) is 0 Å². The molecule has 2 saturated heterocycles. The number of aromatic hydroxyl groups is 3. The predicted molar refractivity (Wildman–Crippen MR) is 258 cm³/mol. The molecule has 0 saturated carbocycles. The number of phenolic OH excluding ortho intramolecular Hbond substituents is 3. The summed E-state index contributed by atoms with van der Waals surface area (Å²) < 4.78 is 25.7. The Morgan fingerprint density at radius 1 is 0.773 bits per heavy atom. The summed E-state index contributed by atoms with van der Waals surface area (Å²) >= 11 is 13.0. The van der Waals surface area contributed by atoms with Gasteiger partial charge in [-0.2, -0.15) is 0 Å². The molecule has 0 bridgehead atoms. The van der Waals surface area contributed by atoms with E-state index in [2.05, 4.69) is 38.8 Å². The molecule has 66 heavy (non-hydrogen) atoms. The Morgan fingerprint density at radius 2 is 1.32 bits per heavy atom. The number of ether oxygens (including phenoxy) is 1. The predicted octanol–water partition coefficient (Wildman–Crippen LogP) is 9.61. The van der Waals surface area contributed by atoms with Crippen LogP contribution in [0.25, 0.3) is 44.6 Å². The van der Waals surface area contributed by atoms with Gasteiger partial charge in [0, 0.05) is 78.0 Å². The molecule has 6 aromatic rings. The molecular weight excluding hydrogens is 904 g/mol. The number of nitrogens with zero attached hydrogens (tertiary/aromatic N) is 2. The molecule has 4 aromatic carbocycles. The first-order valence-electron chi connectivity index (χ1n) is 22.1. The first-order chi connectivity index (χ1) is 31.2. The van der Waals surface area contributed by atoms with Crippen LogP contribution in [-0.2, 0) is 9.22 Å². The Balaban J connectivity index is 1.06. The number of phenols is 3. The molecule has 0 radical (unpaired) electrons. The molecule has 4 N–H and O–H groups in total. The van der Waals surface area contributed by atoms with Crippen molar-refractivity contribution in [1.29, 1.82) is 0 Å². The largest absolute Gasteiger partial charge is 0.507 e. The number of hydrogen-bond acceptors (Lipinski definition) is 13. The molecule has 4 atom stereocenters. The maximum absolute atomic E-state index is 14.3. The van der Waals surface area contributed by atoms with Crippen molar-refractivity contribution in [2.45, 2.75) is 82.2 Å². The van der Waals surface area contributed by atoms with Crippen molar-refractivity contribution in [1.82, 2.24) is 9.80 Å². The van der Waals surface area contributed by atoms with E-state index in [-0.39, 0.29) is 99.3 Å². The Morgan fingerprint density at radius 3 is 1.91 bits per heavy atom. The highest BCUT2D eigenvalue weighted by molar-refractivity contribution is 6.74. The van der Waals surface area contributed by atoms with E-state index >= 15 is 0 Å². The van der Waals surface area contributed by atoms with Gasteiger partial charge in [-0.3, -0.25) is 14.4 Å². The zero-order valence-corrected chi connectivity index (χ0v) is 40.2. The molecule has 1 unspecified atom stereocenters. The number of hydrogen-bond donors (Lipinski definition) is 4. The van der Waals surface area contributed by atoms with Crippen LogP contribution < -0.4 is 15.6 Å². The number of carbonyl (C=O) groups is 1. The molecule has 16 heteroatoms. The fourth-order valence-corrected chi connectivity index (χ4v) is 10.9. The minimum absolute atomic E-state index is 0.00142. The highest BCUT2D eigenvalue weighted by Crippen LogP contribution is 2.47. The van der Waals surface area contributed by atoms with Crippen LogP contribution in [0.3, 0.4) is 0 Å². The number of piperidine rings is 2. The third kappa shape index (κ3) is 9.24. The van der Waals surface area contributed by atoms with Crippen molar-refractivity contribution in [3.05, 3.63) is 114 Å². The summed E-state index contributed by atoms with van der Waals surface area (Å²) in [7, 11) is -0.299. The van der Waals surface area contributed by atoms with E-state index in [1.54, 1.807) is 48.5 Å². The Hall–Kier alpha value is -5.19. The summed E-state index contributed by atoms with van der Waals surface area (Å²) in [4.78, 5) is 45.4. The van der Waals surface area contributed by atoms with E-state index in [4.69, 9.17) is 41.2 Å². The van der Waals surface area contributed by atoms with Gasteiger partial charge in [0.1, 0.15) is 56.5 Å². The summed E-state index contributed by atoms with van der Waals surface area (Å²) in [5.74, 6) is -2.62. The van der Waals surface area contributed by atoms with Gasteiger partial charge in [-0.1, -0.05) is 68.2 Å². The maximum atomic E-state index is 14.3. The highest BCUT2D eigenvalue weighted by atomic mass is 35.5. The van der Waals surface area contributed by atoms with Crippen LogP contribution >= 0.6 is 23.2 Å². The molecule has 0 aliphatic carbocycles. The first kappa shape index (κ1) is 47.3. The van der Waals surface area contributed by atoms with E-state index in [9.17, 15) is 34.8 Å². The number of aliphatic hydroxyl groups excluding tert-OH is 1. The van der Waals surface area contributed by atoms with Crippen LogP contribution in [0.4, 0.5) is 0 Å². The van der Waals surface area contributed by atoms with Gasteiger partial charge in [-0.15, -0.1) is 0 Å². The maximum Gasteiger partial charge on any atom is 0.312 e. The average molecular weight is 958 g/mol. The van der Waals surface area contributed by atoms with Gasteiger partial charge in [-0.05, 0) is 75.4 Å². The summed E-state index contributed by atoms with van der Waals surface area (Å²) in [5.41, 5.74) is 0.477. The van der Waals surface area contributed by atoms with E-state index in [0.29, 0.717) is 52.8 Å². The quantitative estimate of drug-likeness (QED) is 0.0579. The van der Waals surface area contributed by atoms with Crippen LogP contribution in [0.1, 0.15) is 63.0 Å². The van der Waals surface area contributed by atoms with Crippen LogP contribution in [0, 0.1) is 0 Å². The normalized spacial score (nSPS) is 20.0. The van der Waals surface area contributed by atoms with Gasteiger partial charge >= 0.3 is 5.97 Å². The summed E-state index contributed by atoms with van der Waals surface area (Å²) in [6, 6.07) is 18.7. The zero-order valence-electron chi connectivity index (χ0n) is 37.7. The fourth-order valence-electron chi connectivity index (χ4n) is 9.05. The van der Waals surface area contributed by atoms with Crippen molar-refractivity contribution in [2.75, 3.05) is 39.8 Å². The van der Waals surface area contributed by atoms with E-state index in [1.165, 1.54) is 18.2 Å². The molecule has 0 spiro atoms. The number of esters is 1. The topological polar surface area (TPSA) is 183 Å². The smallest absolute Gasteiger partial charge is 0.312 e. The SMILES string of the molecule is CN1CC[C@H](c2c(O)cc(OC(=O)CCN3CC[C@H](c4c(O)cc(O)c5c(=O)cc(-c6ccccc6Cl)oc45)[C@H](O)C3)c3c(=O)cc(-c4ccccc4Cl)oc23)C(O[Si](C)(C)C(C)(C)C)C1. The molecule has 2 aliphatic rings. The highest BCUT2D eigenvalue weighted by Gasteiger charge is 2.44. The second-order valence-electron chi connectivity index (χ2n) is 19.0. The monoisotopic (exact) mass is 956 g/mol. The number of benzene rings is 4. The minimum atomic E-state index is -2.33. The number of likely N-dealkylation sites (N-methyl/N-ethyl adjacent to an activating group) is 1. The number of β-amino-alcohol motifs (C(OH)–C–C–N with tert-alkyl or cyclic N) is 1. The summed E-state index contributed by atoms with van der Waals surface area (Å²) in [6.45, 7) is 12.8. The van der Waals surface area contributed by atoms with Gasteiger partial charge in [0.2, 0.25) is 0 Å². The summed E-state index contributed by atoms with van der Waals surface area (Å²) in [5, 5.41) is 45.8. The number of aliphatic hydroxyl groups is 1. The Bertz CT molecular complexity index is 2960. The van der Waals surface area contributed by atoms with Crippen molar-refractivity contribution in [2.24, 2.45) is 0 Å². The Kier molecular flexibility index (Phi) is 13.2. The van der Waals surface area contributed by atoms with Crippen molar-refractivity contribution >= 4 is 59.4 Å². The third-order valence-electron chi connectivity index (χ3n) is 13.5. The molecule has 348 valence electrons. The fraction of sp³-hybridized carbons (Fsp3) is 0.380. The molecule has 2 aliphatic heterocycles. The zero-order chi connectivity index (χ0) is 47.4. The average Bonchev–Trinajstić information content (AvgIpc) is 3.23. The second-order valence-corrected chi connectivity index (χ2v) is 24.6. The molecule has 8 rings (SSSR count). The minimum Gasteiger partial charge on any atom is -0.507 e. The lowest BCUT2D eigenvalue weighted by Crippen LogP contribution is -2.51. The molecule has 2 aromatic heterocycles. The van der Waals surface area contributed by atoms with E-state index < -0.39 is 42.9 Å². The van der Waals surface area contributed by atoms with Gasteiger partial charge in [0.15, 0.2) is 19.2 Å². The van der Waals surface area contributed by atoms with Gasteiger partial charge < -0.3 is 48.2 Å².